The van der Waals surface area contributed by atoms with Gasteiger partial charge in [-0.2, -0.15) is 0 Å². The number of nitrogens with one attached hydrogen (secondary N) is 1. The Bertz CT molecular complexity index is 2300. The molecule has 0 atom stereocenters. The molecule has 0 saturated carbocycles. The van der Waals surface area contributed by atoms with Crippen molar-refractivity contribution in [3.8, 4) is 17.2 Å². The quantitative estimate of drug-likeness (QED) is 0.165. The number of hydrogen-bond acceptors (Lipinski definition) is 10. The normalized spacial score (nSPS) is 15.9. The third kappa shape index (κ3) is 7.69. The monoisotopic (exact) mass is 742 g/mol. The van der Waals surface area contributed by atoms with Crippen molar-refractivity contribution in [2.24, 2.45) is 0 Å². The molecular weight excluding hydrogens is 697 g/mol. The summed E-state index contributed by atoms with van der Waals surface area (Å²) in [6.07, 6.45) is 6.77. The Labute approximate surface area is 320 Å². The first kappa shape index (κ1) is 36.4. The maximum Gasteiger partial charge on any atom is 0.261 e. The van der Waals surface area contributed by atoms with Crippen molar-refractivity contribution in [1.82, 2.24) is 29.7 Å². The van der Waals surface area contributed by atoms with Crippen LogP contribution in [0.2, 0.25) is 0 Å². The van der Waals surface area contributed by atoms with Crippen LogP contribution in [-0.2, 0) is 38.9 Å². The highest BCUT2D eigenvalue weighted by Crippen LogP contribution is 2.29. The number of piperidine rings is 1. The van der Waals surface area contributed by atoms with E-state index in [0.717, 1.165) is 74.5 Å². The van der Waals surface area contributed by atoms with Crippen LogP contribution >= 0.6 is 0 Å². The van der Waals surface area contributed by atoms with E-state index >= 15 is 0 Å². The molecule has 0 aliphatic carbocycles. The summed E-state index contributed by atoms with van der Waals surface area (Å²) in [5, 5.41) is 4.21. The number of fused-ring (bicyclic) bond motifs is 3. The molecule has 55 heavy (non-hydrogen) atoms. The minimum atomic E-state index is -0.320. The summed E-state index contributed by atoms with van der Waals surface area (Å²) < 4.78 is 18.2. The Kier molecular flexibility index (Phi) is 10.6. The average Bonchev–Trinajstić information content (AvgIpc) is 3.46. The van der Waals surface area contributed by atoms with Crippen LogP contribution in [0.5, 0.6) is 17.2 Å². The summed E-state index contributed by atoms with van der Waals surface area (Å²) >= 11 is 0. The number of carbonyl (C=O) groups is 2. The summed E-state index contributed by atoms with van der Waals surface area (Å²) in [5.41, 5.74) is 5.54. The fourth-order valence-corrected chi connectivity index (χ4v) is 7.97. The first-order valence-corrected chi connectivity index (χ1v) is 19.1. The van der Waals surface area contributed by atoms with Crippen LogP contribution in [0, 0.1) is 0 Å². The molecule has 8 rings (SSSR count). The Morgan fingerprint density at radius 1 is 0.855 bits per heavy atom. The van der Waals surface area contributed by atoms with E-state index in [0.29, 0.717) is 64.9 Å². The van der Waals surface area contributed by atoms with Gasteiger partial charge in [-0.25, -0.2) is 4.98 Å². The summed E-state index contributed by atoms with van der Waals surface area (Å²) in [4.78, 5) is 54.2. The van der Waals surface area contributed by atoms with Crippen molar-refractivity contribution >= 4 is 22.7 Å². The number of pyridine rings is 1. The fraction of sp³-hybridized carbons (Fsp3) is 0.372. The molecule has 2 amide bonds. The van der Waals surface area contributed by atoms with Gasteiger partial charge in [-0.3, -0.25) is 33.7 Å². The maximum absolute atomic E-state index is 13.8. The second kappa shape index (κ2) is 16.0. The molecule has 3 aliphatic heterocycles. The van der Waals surface area contributed by atoms with Gasteiger partial charge in [0.15, 0.2) is 11.5 Å². The molecule has 0 radical (unpaired) electrons. The lowest BCUT2D eigenvalue weighted by Gasteiger charge is -2.32. The Balaban J connectivity index is 0.895. The highest BCUT2D eigenvalue weighted by molar-refractivity contribution is 6.21. The predicted octanol–water partition coefficient (Wildman–Crippen LogP) is 4.97. The number of aromatic nitrogens is 3. The number of carbonyl (C=O) groups excluding carboxylic acids is 2. The molecule has 284 valence electrons. The molecule has 1 saturated heterocycles. The van der Waals surface area contributed by atoms with Gasteiger partial charge in [0.25, 0.3) is 17.4 Å². The van der Waals surface area contributed by atoms with Crippen molar-refractivity contribution in [3.05, 3.63) is 123 Å². The average molecular weight is 743 g/mol. The number of rotatable bonds is 13. The third-order valence-electron chi connectivity index (χ3n) is 11.0. The molecule has 12 heteroatoms. The van der Waals surface area contributed by atoms with Crippen LogP contribution in [-0.4, -0.2) is 82.7 Å². The lowest BCUT2D eigenvalue weighted by atomic mass is 10.0. The number of hydrogen-bond donors (Lipinski definition) is 1. The number of likely N-dealkylation sites (tertiary alicyclic amines) is 1. The van der Waals surface area contributed by atoms with Gasteiger partial charge in [0.2, 0.25) is 0 Å². The van der Waals surface area contributed by atoms with Gasteiger partial charge in [-0.05, 0) is 104 Å². The van der Waals surface area contributed by atoms with Gasteiger partial charge >= 0.3 is 0 Å². The molecular formula is C43H46N6O6. The largest absolute Gasteiger partial charge is 0.493 e. The first-order valence-electron chi connectivity index (χ1n) is 19.1. The molecule has 1 N–H and O–H groups in total. The number of aryl methyl sites for hydroxylation is 2. The van der Waals surface area contributed by atoms with Crippen molar-refractivity contribution in [2.45, 2.75) is 64.2 Å². The van der Waals surface area contributed by atoms with Gasteiger partial charge < -0.3 is 19.5 Å². The lowest BCUT2D eigenvalue weighted by Crippen LogP contribution is -2.42. The number of ether oxygens (including phenoxy) is 3. The lowest BCUT2D eigenvalue weighted by molar-refractivity contribution is 0.0655. The van der Waals surface area contributed by atoms with Gasteiger partial charge in [-0.15, -0.1) is 0 Å². The number of imide groups is 1. The molecule has 12 nitrogen and oxygen atoms in total. The van der Waals surface area contributed by atoms with E-state index in [9.17, 15) is 14.4 Å². The fourth-order valence-electron chi connectivity index (χ4n) is 7.97. The van der Waals surface area contributed by atoms with Crippen LogP contribution in [0.15, 0.2) is 77.7 Å². The molecule has 3 aromatic carbocycles. The van der Waals surface area contributed by atoms with Gasteiger partial charge in [-0.1, -0.05) is 24.3 Å². The Morgan fingerprint density at radius 3 is 2.49 bits per heavy atom. The van der Waals surface area contributed by atoms with Crippen LogP contribution in [0.3, 0.4) is 0 Å². The molecule has 2 aromatic heterocycles. The van der Waals surface area contributed by atoms with Crippen molar-refractivity contribution < 1.29 is 23.8 Å². The highest BCUT2D eigenvalue weighted by atomic mass is 16.5. The molecule has 3 aliphatic rings. The van der Waals surface area contributed by atoms with Crippen LogP contribution in [0.4, 0.5) is 0 Å². The van der Waals surface area contributed by atoms with Crippen molar-refractivity contribution in [1.29, 1.82) is 0 Å². The Hall–Kier alpha value is -5.59. The second-order valence-electron chi connectivity index (χ2n) is 14.5. The smallest absolute Gasteiger partial charge is 0.261 e. The van der Waals surface area contributed by atoms with Gasteiger partial charge in [0, 0.05) is 38.6 Å². The van der Waals surface area contributed by atoms with E-state index in [4.69, 9.17) is 19.2 Å². The van der Waals surface area contributed by atoms with E-state index in [-0.39, 0.29) is 30.3 Å². The van der Waals surface area contributed by atoms with E-state index < -0.39 is 0 Å². The molecule has 5 heterocycles. The van der Waals surface area contributed by atoms with E-state index in [2.05, 4.69) is 21.3 Å². The third-order valence-corrected chi connectivity index (χ3v) is 11.0. The SMILES string of the molecule is COc1ccc(CCn2c(CCN3C(=O)c4ccc(CN5CCC(NCc6cc7c(cn6)OCCC7)CC5)cc4C3=O)nc3ccccc3c2=O)cc1OC. The molecule has 1 fully saturated rings. The van der Waals surface area contributed by atoms with E-state index in [1.807, 2.05) is 54.7 Å². The summed E-state index contributed by atoms with van der Waals surface area (Å²) in [5.74, 6) is 2.04. The summed E-state index contributed by atoms with van der Waals surface area (Å²) in [7, 11) is 3.18. The van der Waals surface area contributed by atoms with Crippen LogP contribution < -0.4 is 25.1 Å². The molecule has 0 spiro atoms. The zero-order chi connectivity index (χ0) is 37.9. The number of para-hydroxylation sites is 1. The first-order chi connectivity index (χ1) is 26.9. The highest BCUT2D eigenvalue weighted by Gasteiger charge is 2.36. The van der Waals surface area contributed by atoms with Crippen molar-refractivity contribution in [2.75, 3.05) is 40.5 Å². The number of amides is 2. The molecule has 0 bridgehead atoms. The van der Waals surface area contributed by atoms with Crippen molar-refractivity contribution in [3.63, 3.8) is 0 Å². The van der Waals surface area contributed by atoms with E-state index in [1.165, 1.54) is 10.5 Å². The van der Waals surface area contributed by atoms with Crippen LogP contribution in [0.1, 0.15) is 68.2 Å². The predicted molar refractivity (Wildman–Crippen MR) is 208 cm³/mol. The Morgan fingerprint density at radius 2 is 1.65 bits per heavy atom. The minimum absolute atomic E-state index is 0.109. The van der Waals surface area contributed by atoms with Gasteiger partial charge in [0.05, 0.1) is 54.7 Å². The standard InChI is InChI=1S/C43H46N6O6/c1-53-37-12-10-28(23-38(37)54-2)13-19-48-40(46-36-8-4-3-7-34(36)42(48)51)16-20-49-41(50)33-11-9-29(22-35(33)43(49)52)27-47-17-14-31(15-18-47)44-25-32-24-30-6-5-21-55-39(30)26-45-32/h3-4,7-12,22-24,26,31,44H,5-6,13-21,25,27H2,1-2H3. The number of benzene rings is 3. The number of nitrogens with zero attached hydrogens (tertiary/aromatic N) is 5. The minimum Gasteiger partial charge on any atom is -0.493 e. The number of methoxy groups -OCH3 is 2. The maximum atomic E-state index is 13.8. The summed E-state index contributed by atoms with van der Waals surface area (Å²) in [6.45, 7) is 4.56. The summed E-state index contributed by atoms with van der Waals surface area (Å²) in [6, 6.07) is 21.1. The topological polar surface area (TPSA) is 128 Å². The van der Waals surface area contributed by atoms with E-state index in [1.54, 1.807) is 30.9 Å². The molecule has 0 unspecified atom stereocenters. The second-order valence-corrected chi connectivity index (χ2v) is 14.5. The molecule has 5 aromatic rings. The van der Waals surface area contributed by atoms with Gasteiger partial charge in [0.1, 0.15) is 11.6 Å². The van der Waals surface area contributed by atoms with Crippen LogP contribution in [0.25, 0.3) is 10.9 Å². The zero-order valence-electron chi connectivity index (χ0n) is 31.4. The zero-order valence-corrected chi connectivity index (χ0v) is 31.4.